The van der Waals surface area contributed by atoms with E-state index in [0.717, 1.165) is 10.0 Å². The highest BCUT2D eigenvalue weighted by molar-refractivity contribution is 9.10. The number of nitrogens with zero attached hydrogens (tertiary/aromatic N) is 3. The fourth-order valence-corrected chi connectivity index (χ4v) is 3.19. The Morgan fingerprint density at radius 3 is 2.50 bits per heavy atom. The van der Waals surface area contributed by atoms with Gasteiger partial charge in [0.2, 0.25) is 5.91 Å². The molecule has 8 heteroatoms. The summed E-state index contributed by atoms with van der Waals surface area (Å²) in [6, 6.07) is 16.2. The van der Waals surface area contributed by atoms with Crippen LogP contribution in [0.4, 0.5) is 5.69 Å². The van der Waals surface area contributed by atoms with E-state index in [0.29, 0.717) is 21.9 Å². The zero-order valence-electron chi connectivity index (χ0n) is 14.5. The van der Waals surface area contributed by atoms with Crippen molar-refractivity contribution in [2.24, 2.45) is 0 Å². The van der Waals surface area contributed by atoms with Crippen LogP contribution < -0.4 is 10.9 Å². The highest BCUT2D eigenvalue weighted by Gasteiger charge is 2.11. The molecule has 2 heterocycles. The summed E-state index contributed by atoms with van der Waals surface area (Å²) in [5.74, 6) is -0.286. The predicted octanol–water partition coefficient (Wildman–Crippen LogP) is 4.22. The van der Waals surface area contributed by atoms with E-state index in [1.165, 1.54) is 9.08 Å². The Hall–Kier alpha value is -2.90. The molecule has 0 bridgehead atoms. The lowest BCUT2D eigenvalue weighted by Gasteiger charge is -2.07. The van der Waals surface area contributed by atoms with Crippen molar-refractivity contribution >= 4 is 44.6 Å². The van der Waals surface area contributed by atoms with Crippen LogP contribution in [0.25, 0.3) is 16.8 Å². The van der Waals surface area contributed by atoms with E-state index < -0.39 is 0 Å². The van der Waals surface area contributed by atoms with Gasteiger partial charge in [0.15, 0.2) is 0 Å². The van der Waals surface area contributed by atoms with Gasteiger partial charge in [0.05, 0.1) is 5.69 Å². The van der Waals surface area contributed by atoms with Crippen molar-refractivity contribution in [1.82, 2.24) is 14.2 Å². The Bertz CT molecular complexity index is 1210. The SMILES string of the molecule is O=C(Cn1ccn2nc(-c3ccc(Cl)cc3)cc2c1=O)Nc1ccc(Br)cc1. The van der Waals surface area contributed by atoms with Crippen molar-refractivity contribution in [2.75, 3.05) is 5.32 Å². The summed E-state index contributed by atoms with van der Waals surface area (Å²) in [7, 11) is 0. The Morgan fingerprint density at radius 1 is 1.07 bits per heavy atom. The second kappa shape index (κ2) is 7.61. The third-order valence-corrected chi connectivity index (χ3v) is 4.97. The minimum Gasteiger partial charge on any atom is -0.325 e. The summed E-state index contributed by atoms with van der Waals surface area (Å²) in [5.41, 5.74) is 2.28. The van der Waals surface area contributed by atoms with Crippen LogP contribution in [0.15, 0.2) is 76.3 Å². The third-order valence-electron chi connectivity index (χ3n) is 4.19. The van der Waals surface area contributed by atoms with Gasteiger partial charge < -0.3 is 9.88 Å². The maximum absolute atomic E-state index is 12.8. The maximum atomic E-state index is 12.8. The van der Waals surface area contributed by atoms with Gasteiger partial charge in [-0.1, -0.05) is 39.7 Å². The molecule has 0 fully saturated rings. The number of carbonyl (C=O) groups excluding carboxylic acids is 1. The van der Waals surface area contributed by atoms with Gasteiger partial charge in [0, 0.05) is 33.1 Å². The number of amides is 1. The molecule has 0 saturated heterocycles. The number of carbonyl (C=O) groups is 1. The Labute approximate surface area is 173 Å². The minimum absolute atomic E-state index is 0.0904. The fraction of sp³-hybridized carbons (Fsp3) is 0.0500. The summed E-state index contributed by atoms with van der Waals surface area (Å²) in [6.45, 7) is -0.0904. The van der Waals surface area contributed by atoms with Gasteiger partial charge in [-0.25, -0.2) is 4.52 Å². The van der Waals surface area contributed by atoms with Gasteiger partial charge in [-0.3, -0.25) is 9.59 Å². The van der Waals surface area contributed by atoms with Gasteiger partial charge in [0.1, 0.15) is 12.1 Å². The number of fused-ring (bicyclic) bond motifs is 1. The number of anilines is 1. The third kappa shape index (κ3) is 3.85. The molecule has 0 radical (unpaired) electrons. The second-order valence-corrected chi connectivity index (χ2v) is 7.50. The molecule has 0 aliphatic carbocycles. The lowest BCUT2D eigenvalue weighted by atomic mass is 10.1. The van der Waals surface area contributed by atoms with Gasteiger partial charge in [0.25, 0.3) is 5.56 Å². The molecule has 1 N–H and O–H groups in total. The molecular weight excluding hydrogens is 444 g/mol. The van der Waals surface area contributed by atoms with E-state index in [4.69, 9.17) is 11.6 Å². The average molecular weight is 458 g/mol. The topological polar surface area (TPSA) is 68.4 Å². The van der Waals surface area contributed by atoms with Crippen LogP contribution in [0.2, 0.25) is 5.02 Å². The lowest BCUT2D eigenvalue weighted by Crippen LogP contribution is -2.28. The van der Waals surface area contributed by atoms with Gasteiger partial charge >= 0.3 is 0 Å². The quantitative estimate of drug-likeness (QED) is 0.499. The van der Waals surface area contributed by atoms with Crippen LogP contribution in [-0.2, 0) is 11.3 Å². The molecule has 2 aromatic heterocycles. The minimum atomic E-state index is -0.291. The number of aromatic nitrogens is 3. The summed E-state index contributed by atoms with van der Waals surface area (Å²) in [4.78, 5) is 25.1. The molecule has 0 unspecified atom stereocenters. The van der Waals surface area contributed by atoms with Gasteiger partial charge in [-0.2, -0.15) is 5.10 Å². The van der Waals surface area contributed by atoms with Crippen molar-refractivity contribution in [3.63, 3.8) is 0 Å². The Balaban J connectivity index is 1.59. The molecule has 4 rings (SSSR count). The second-order valence-electron chi connectivity index (χ2n) is 6.15. The lowest BCUT2D eigenvalue weighted by molar-refractivity contribution is -0.116. The first kappa shape index (κ1) is 18.5. The van der Waals surface area contributed by atoms with E-state index in [1.54, 1.807) is 42.7 Å². The zero-order chi connectivity index (χ0) is 19.7. The van der Waals surface area contributed by atoms with Crippen LogP contribution in [0, 0.1) is 0 Å². The van der Waals surface area contributed by atoms with Crippen LogP contribution >= 0.6 is 27.5 Å². The number of nitrogens with one attached hydrogen (secondary N) is 1. The summed E-state index contributed by atoms with van der Waals surface area (Å²) < 4.78 is 3.79. The summed E-state index contributed by atoms with van der Waals surface area (Å²) >= 11 is 9.27. The zero-order valence-corrected chi connectivity index (χ0v) is 16.8. The molecule has 2 aromatic carbocycles. The fourth-order valence-electron chi connectivity index (χ4n) is 2.80. The van der Waals surface area contributed by atoms with E-state index in [2.05, 4.69) is 26.3 Å². The van der Waals surface area contributed by atoms with Crippen LogP contribution in [0.3, 0.4) is 0 Å². The highest BCUT2D eigenvalue weighted by Crippen LogP contribution is 2.20. The van der Waals surface area contributed by atoms with E-state index >= 15 is 0 Å². The number of rotatable bonds is 4. The molecule has 0 aliphatic heterocycles. The average Bonchev–Trinajstić information content (AvgIpc) is 3.12. The molecule has 6 nitrogen and oxygen atoms in total. The standard InChI is InChI=1S/C20H14BrClN4O2/c21-14-3-7-16(8-4-14)23-19(27)12-25-9-10-26-18(20(25)28)11-17(24-26)13-1-5-15(22)6-2-13/h1-11H,12H2,(H,23,27). The number of benzene rings is 2. The first-order chi connectivity index (χ1) is 13.5. The predicted molar refractivity (Wildman–Crippen MR) is 113 cm³/mol. The van der Waals surface area contributed by atoms with Gasteiger partial charge in [-0.05, 0) is 42.5 Å². The Kier molecular flexibility index (Phi) is 5.02. The first-order valence-corrected chi connectivity index (χ1v) is 9.57. The molecule has 0 aliphatic rings. The monoisotopic (exact) mass is 456 g/mol. The van der Waals surface area contributed by atoms with E-state index in [-0.39, 0.29) is 18.0 Å². The van der Waals surface area contributed by atoms with E-state index in [9.17, 15) is 9.59 Å². The number of halogens is 2. The van der Waals surface area contributed by atoms with Crippen molar-refractivity contribution < 1.29 is 4.79 Å². The molecule has 0 spiro atoms. The summed E-state index contributed by atoms with van der Waals surface area (Å²) in [6.07, 6.45) is 3.21. The van der Waals surface area contributed by atoms with Crippen molar-refractivity contribution in [3.8, 4) is 11.3 Å². The molecule has 4 aromatic rings. The van der Waals surface area contributed by atoms with Crippen LogP contribution in [0.5, 0.6) is 0 Å². The van der Waals surface area contributed by atoms with Crippen LogP contribution in [-0.4, -0.2) is 20.1 Å². The highest BCUT2D eigenvalue weighted by atomic mass is 79.9. The molecule has 0 saturated carbocycles. The molecule has 1 amide bonds. The molecule has 0 atom stereocenters. The van der Waals surface area contributed by atoms with Crippen LogP contribution in [0.1, 0.15) is 0 Å². The van der Waals surface area contributed by atoms with Crippen molar-refractivity contribution in [2.45, 2.75) is 6.54 Å². The number of hydrogen-bond acceptors (Lipinski definition) is 3. The van der Waals surface area contributed by atoms with Gasteiger partial charge in [-0.15, -0.1) is 0 Å². The Morgan fingerprint density at radius 2 is 1.79 bits per heavy atom. The molecule has 140 valence electrons. The summed E-state index contributed by atoms with van der Waals surface area (Å²) in [5, 5.41) is 7.83. The van der Waals surface area contributed by atoms with E-state index in [1.807, 2.05) is 24.3 Å². The molecular formula is C20H14BrClN4O2. The van der Waals surface area contributed by atoms with Crippen molar-refractivity contribution in [1.29, 1.82) is 0 Å². The van der Waals surface area contributed by atoms with Crippen molar-refractivity contribution in [3.05, 3.63) is 86.8 Å². The molecule has 28 heavy (non-hydrogen) atoms. The largest absolute Gasteiger partial charge is 0.325 e. The normalized spacial score (nSPS) is 10.9. The number of hydrogen-bond donors (Lipinski definition) is 1. The first-order valence-electron chi connectivity index (χ1n) is 8.40. The maximum Gasteiger partial charge on any atom is 0.277 e. The smallest absolute Gasteiger partial charge is 0.277 e.